The van der Waals surface area contributed by atoms with E-state index in [1.165, 1.54) is 6.07 Å². The van der Waals surface area contributed by atoms with Gasteiger partial charge in [0.2, 0.25) is 0 Å². The average Bonchev–Trinajstić information content (AvgIpc) is 2.58. The van der Waals surface area contributed by atoms with E-state index in [0.29, 0.717) is 10.3 Å². The molecule has 8 heteroatoms. The first-order valence-electron chi connectivity index (χ1n) is 4.90. The fourth-order valence-corrected chi connectivity index (χ4v) is 2.28. The van der Waals surface area contributed by atoms with Crippen molar-refractivity contribution in [2.75, 3.05) is 18.0 Å². The van der Waals surface area contributed by atoms with Crippen molar-refractivity contribution in [3.8, 4) is 0 Å². The van der Waals surface area contributed by atoms with Gasteiger partial charge >= 0.3 is 0 Å². The van der Waals surface area contributed by atoms with Crippen molar-refractivity contribution in [2.24, 2.45) is 0 Å². The molecule has 2 unspecified atom stereocenters. The number of anilines is 1. The van der Waals surface area contributed by atoms with Crippen molar-refractivity contribution in [3.63, 3.8) is 0 Å². The van der Waals surface area contributed by atoms with Crippen molar-refractivity contribution in [3.05, 3.63) is 26.9 Å². The second-order valence-electron chi connectivity index (χ2n) is 3.80. The van der Waals surface area contributed by atoms with Crippen LogP contribution in [-0.4, -0.2) is 45.4 Å². The lowest BCUT2D eigenvalue weighted by Crippen LogP contribution is -2.22. The number of aliphatic hydroxyl groups is 2. The summed E-state index contributed by atoms with van der Waals surface area (Å²) in [6.07, 6.45) is -0.491. The molecule has 0 amide bonds. The van der Waals surface area contributed by atoms with Gasteiger partial charge in [-0.25, -0.2) is 4.98 Å². The summed E-state index contributed by atoms with van der Waals surface area (Å²) in [5.41, 5.74) is -0.110. The number of β-amino-alcohol motifs (C(OH)–C–C–N with tert-alkyl or cyclic N) is 2. The molecule has 0 saturated carbocycles. The number of rotatable bonds is 2. The van der Waals surface area contributed by atoms with Gasteiger partial charge in [0.05, 0.1) is 21.6 Å². The molecule has 92 valence electrons. The molecule has 1 fully saturated rings. The Morgan fingerprint density at radius 3 is 2.53 bits per heavy atom. The minimum atomic E-state index is -0.820. The molecule has 2 heterocycles. The molecule has 2 rings (SSSR count). The first-order chi connectivity index (χ1) is 7.99. The maximum atomic E-state index is 10.5. The fourth-order valence-electron chi connectivity index (χ4n) is 1.70. The molecule has 2 atom stereocenters. The van der Waals surface area contributed by atoms with Crippen LogP contribution in [0.4, 0.5) is 11.5 Å². The van der Waals surface area contributed by atoms with Gasteiger partial charge in [0, 0.05) is 19.2 Å². The van der Waals surface area contributed by atoms with Crippen LogP contribution >= 0.6 is 15.9 Å². The second kappa shape index (κ2) is 4.55. The highest BCUT2D eigenvalue weighted by Gasteiger charge is 2.31. The SMILES string of the molecule is O=[N+]([O-])c1cnc(N2CC(O)C(O)C2)c(Br)c1. The summed E-state index contributed by atoms with van der Waals surface area (Å²) in [5.74, 6) is 0.478. The molecule has 0 bridgehead atoms. The predicted octanol–water partition coefficient (Wildman–Crippen LogP) is 0.294. The second-order valence-corrected chi connectivity index (χ2v) is 4.65. The summed E-state index contributed by atoms with van der Waals surface area (Å²) in [7, 11) is 0. The van der Waals surface area contributed by atoms with E-state index in [1.54, 1.807) is 4.90 Å². The van der Waals surface area contributed by atoms with Crippen LogP contribution in [0, 0.1) is 10.1 Å². The Bertz CT molecular complexity index is 446. The molecule has 0 radical (unpaired) electrons. The van der Waals surface area contributed by atoms with Gasteiger partial charge in [-0.05, 0) is 15.9 Å². The van der Waals surface area contributed by atoms with E-state index >= 15 is 0 Å². The van der Waals surface area contributed by atoms with Crippen molar-refractivity contribution < 1.29 is 15.1 Å². The molecule has 1 saturated heterocycles. The summed E-state index contributed by atoms with van der Waals surface area (Å²) in [6.45, 7) is 0.509. The summed E-state index contributed by atoms with van der Waals surface area (Å²) < 4.78 is 0.466. The van der Waals surface area contributed by atoms with Crippen molar-refractivity contribution in [1.82, 2.24) is 4.98 Å². The van der Waals surface area contributed by atoms with Crippen LogP contribution in [0.2, 0.25) is 0 Å². The number of hydrogen-bond donors (Lipinski definition) is 2. The van der Waals surface area contributed by atoms with Crippen LogP contribution in [0.15, 0.2) is 16.7 Å². The van der Waals surface area contributed by atoms with Crippen LogP contribution in [0.3, 0.4) is 0 Å². The van der Waals surface area contributed by atoms with Gasteiger partial charge in [-0.1, -0.05) is 0 Å². The van der Waals surface area contributed by atoms with Crippen LogP contribution in [0.25, 0.3) is 0 Å². The Hall–Kier alpha value is -1.25. The lowest BCUT2D eigenvalue weighted by molar-refractivity contribution is -0.385. The van der Waals surface area contributed by atoms with E-state index in [9.17, 15) is 20.3 Å². The highest BCUT2D eigenvalue weighted by Crippen LogP contribution is 2.29. The third-order valence-corrected chi connectivity index (χ3v) is 3.16. The maximum Gasteiger partial charge on any atom is 0.288 e. The first-order valence-corrected chi connectivity index (χ1v) is 5.69. The van der Waals surface area contributed by atoms with Gasteiger partial charge in [0.15, 0.2) is 0 Å². The summed E-state index contributed by atoms with van der Waals surface area (Å²) in [6, 6.07) is 1.35. The molecule has 0 aromatic carbocycles. The van der Waals surface area contributed by atoms with Gasteiger partial charge in [0.25, 0.3) is 5.69 Å². The highest BCUT2D eigenvalue weighted by molar-refractivity contribution is 9.10. The first kappa shape index (κ1) is 12.2. The number of aromatic nitrogens is 1. The standard InChI is InChI=1S/C9H10BrN3O4/c10-6-1-5(13(16)17)2-11-9(6)12-3-7(14)8(15)4-12/h1-2,7-8,14-15H,3-4H2. The molecular weight excluding hydrogens is 294 g/mol. The molecule has 2 N–H and O–H groups in total. The molecule has 7 nitrogen and oxygen atoms in total. The molecule has 1 aliphatic heterocycles. The number of hydrogen-bond acceptors (Lipinski definition) is 6. The molecule has 1 aromatic heterocycles. The Morgan fingerprint density at radius 2 is 2.06 bits per heavy atom. The van der Waals surface area contributed by atoms with Crippen LogP contribution in [-0.2, 0) is 0 Å². The Balaban J connectivity index is 2.26. The number of halogens is 1. The van der Waals surface area contributed by atoms with Gasteiger partial charge < -0.3 is 15.1 Å². The molecule has 0 spiro atoms. The minimum Gasteiger partial charge on any atom is -0.389 e. The zero-order chi connectivity index (χ0) is 12.6. The van der Waals surface area contributed by atoms with E-state index < -0.39 is 17.1 Å². The van der Waals surface area contributed by atoms with E-state index in [-0.39, 0.29) is 18.8 Å². The predicted molar refractivity (Wildman–Crippen MR) is 62.8 cm³/mol. The zero-order valence-corrected chi connectivity index (χ0v) is 10.2. The van der Waals surface area contributed by atoms with Gasteiger partial charge in [-0.3, -0.25) is 10.1 Å². The third-order valence-electron chi connectivity index (χ3n) is 2.58. The number of pyridine rings is 1. The van der Waals surface area contributed by atoms with Crippen LogP contribution in [0.1, 0.15) is 0 Å². The Kier molecular flexibility index (Phi) is 3.27. The minimum absolute atomic E-state index is 0.110. The Morgan fingerprint density at radius 1 is 1.47 bits per heavy atom. The molecule has 1 aromatic rings. The molecule has 17 heavy (non-hydrogen) atoms. The molecule has 1 aliphatic rings. The van der Waals surface area contributed by atoms with Gasteiger partial charge in [0.1, 0.15) is 12.0 Å². The zero-order valence-electron chi connectivity index (χ0n) is 8.65. The lowest BCUT2D eigenvalue weighted by atomic mass is 10.3. The normalized spacial score (nSPS) is 24.1. The van der Waals surface area contributed by atoms with Crippen molar-refractivity contribution >= 4 is 27.4 Å². The van der Waals surface area contributed by atoms with E-state index in [0.717, 1.165) is 6.20 Å². The number of nitrogens with zero attached hydrogens (tertiary/aromatic N) is 3. The average molecular weight is 304 g/mol. The topological polar surface area (TPSA) is 99.7 Å². The van der Waals surface area contributed by atoms with E-state index in [2.05, 4.69) is 20.9 Å². The summed E-state index contributed by atoms with van der Waals surface area (Å²) in [4.78, 5) is 15.6. The summed E-state index contributed by atoms with van der Waals surface area (Å²) in [5, 5.41) is 29.4. The van der Waals surface area contributed by atoms with Crippen LogP contribution in [0.5, 0.6) is 0 Å². The number of aliphatic hydroxyl groups excluding tert-OH is 2. The van der Waals surface area contributed by atoms with Crippen LogP contribution < -0.4 is 4.90 Å². The fraction of sp³-hybridized carbons (Fsp3) is 0.444. The summed E-state index contributed by atoms with van der Waals surface area (Å²) >= 11 is 3.19. The quantitative estimate of drug-likeness (QED) is 0.602. The Labute approximate surface area is 105 Å². The largest absolute Gasteiger partial charge is 0.389 e. The van der Waals surface area contributed by atoms with E-state index in [1.807, 2.05) is 0 Å². The van der Waals surface area contributed by atoms with Crippen molar-refractivity contribution in [2.45, 2.75) is 12.2 Å². The number of nitro groups is 1. The maximum absolute atomic E-state index is 10.5. The molecular formula is C9H10BrN3O4. The van der Waals surface area contributed by atoms with E-state index in [4.69, 9.17) is 0 Å². The van der Waals surface area contributed by atoms with Crippen molar-refractivity contribution in [1.29, 1.82) is 0 Å². The monoisotopic (exact) mass is 303 g/mol. The smallest absolute Gasteiger partial charge is 0.288 e. The van der Waals surface area contributed by atoms with Gasteiger partial charge in [-0.2, -0.15) is 0 Å². The molecule has 0 aliphatic carbocycles. The lowest BCUT2D eigenvalue weighted by Gasteiger charge is -2.17. The highest BCUT2D eigenvalue weighted by atomic mass is 79.9. The third kappa shape index (κ3) is 2.38. The van der Waals surface area contributed by atoms with Gasteiger partial charge in [-0.15, -0.1) is 0 Å².